The largest absolute Gasteiger partial charge is 0.379 e. The molecule has 0 saturated heterocycles. The molecule has 1 aliphatic carbocycles. The molecule has 1 saturated carbocycles. The summed E-state index contributed by atoms with van der Waals surface area (Å²) >= 11 is 5.88. The third kappa shape index (κ3) is 4.80. The molecule has 1 N–H and O–H groups in total. The highest BCUT2D eigenvalue weighted by Crippen LogP contribution is 2.28. The Bertz CT molecular complexity index is 413. The highest BCUT2D eigenvalue weighted by molar-refractivity contribution is 6.28. The number of halogens is 1. The maximum Gasteiger partial charge on any atom is 0.231 e. The second kappa shape index (κ2) is 6.86. The van der Waals surface area contributed by atoms with Crippen molar-refractivity contribution in [1.29, 1.82) is 0 Å². The van der Waals surface area contributed by atoms with Crippen LogP contribution in [-0.4, -0.2) is 48.3 Å². The molecule has 2 rings (SSSR count). The zero-order valence-electron chi connectivity index (χ0n) is 11.4. The number of hydrogen-bond acceptors (Lipinski definition) is 6. The summed E-state index contributed by atoms with van der Waals surface area (Å²) in [6, 6.07) is 0. The minimum absolute atomic E-state index is 0.201. The third-order valence-electron chi connectivity index (χ3n) is 2.89. The Labute approximate surface area is 118 Å². The topological polar surface area (TPSA) is 63.2 Å². The number of ether oxygens (including phenoxy) is 1. The van der Waals surface area contributed by atoms with Crippen molar-refractivity contribution >= 4 is 23.5 Å². The van der Waals surface area contributed by atoms with Crippen molar-refractivity contribution in [3.63, 3.8) is 0 Å². The minimum atomic E-state index is 0.201. The van der Waals surface area contributed by atoms with E-state index >= 15 is 0 Å². The van der Waals surface area contributed by atoms with Gasteiger partial charge in [0.1, 0.15) is 0 Å². The molecule has 1 aromatic rings. The van der Waals surface area contributed by atoms with Gasteiger partial charge in [-0.05, 0) is 37.3 Å². The van der Waals surface area contributed by atoms with Crippen molar-refractivity contribution in [2.75, 3.05) is 43.6 Å². The highest BCUT2D eigenvalue weighted by Gasteiger charge is 2.21. The molecule has 0 unspecified atom stereocenters. The Morgan fingerprint density at radius 2 is 2.16 bits per heavy atom. The Morgan fingerprint density at radius 1 is 1.37 bits per heavy atom. The molecule has 0 radical (unpaired) electrons. The monoisotopic (exact) mass is 285 g/mol. The maximum atomic E-state index is 5.88. The van der Waals surface area contributed by atoms with E-state index < -0.39 is 0 Å². The predicted molar refractivity (Wildman–Crippen MR) is 75.8 cm³/mol. The van der Waals surface area contributed by atoms with Gasteiger partial charge in [0.2, 0.25) is 17.2 Å². The average molecular weight is 286 g/mol. The molecule has 1 heterocycles. The Morgan fingerprint density at radius 3 is 2.84 bits per heavy atom. The number of anilines is 2. The first kappa shape index (κ1) is 14.3. The number of rotatable bonds is 8. The molecule has 0 spiro atoms. The van der Waals surface area contributed by atoms with Gasteiger partial charge in [0.15, 0.2) is 0 Å². The normalized spacial score (nSPS) is 14.5. The van der Waals surface area contributed by atoms with E-state index in [1.165, 1.54) is 12.8 Å². The van der Waals surface area contributed by atoms with Crippen LogP contribution in [0.15, 0.2) is 0 Å². The second-order valence-corrected chi connectivity index (χ2v) is 5.04. The molecule has 1 aliphatic rings. The number of likely N-dealkylation sites (N-methyl/N-ethyl adjacent to an activating group) is 1. The first-order valence-corrected chi connectivity index (χ1v) is 7.01. The number of aromatic nitrogens is 3. The van der Waals surface area contributed by atoms with E-state index in [0.717, 1.165) is 25.6 Å². The SMILES string of the molecule is CCNc1nc(Cl)nc(N(C)CCOCC2CC2)n1. The van der Waals surface area contributed by atoms with E-state index in [1.807, 2.05) is 18.9 Å². The first-order chi connectivity index (χ1) is 9.19. The lowest BCUT2D eigenvalue weighted by molar-refractivity contribution is 0.130. The average Bonchev–Trinajstić information content (AvgIpc) is 3.18. The number of nitrogens with one attached hydrogen (secondary N) is 1. The number of nitrogens with zero attached hydrogens (tertiary/aromatic N) is 4. The predicted octanol–water partition coefficient (Wildman–Crippen LogP) is 1.82. The van der Waals surface area contributed by atoms with Crippen LogP contribution in [0.5, 0.6) is 0 Å². The molecule has 0 bridgehead atoms. The van der Waals surface area contributed by atoms with Crippen LogP contribution in [0.4, 0.5) is 11.9 Å². The van der Waals surface area contributed by atoms with Crippen LogP contribution < -0.4 is 10.2 Å². The van der Waals surface area contributed by atoms with Crippen molar-refractivity contribution < 1.29 is 4.74 Å². The summed E-state index contributed by atoms with van der Waals surface area (Å²) < 4.78 is 5.60. The van der Waals surface area contributed by atoms with E-state index in [0.29, 0.717) is 18.5 Å². The van der Waals surface area contributed by atoms with E-state index in [9.17, 15) is 0 Å². The number of hydrogen-bond donors (Lipinski definition) is 1. The molecule has 0 atom stereocenters. The van der Waals surface area contributed by atoms with Crippen molar-refractivity contribution in [3.8, 4) is 0 Å². The summed E-state index contributed by atoms with van der Waals surface area (Å²) in [5, 5.41) is 3.23. The molecule has 1 fully saturated rings. The Hall–Kier alpha value is -1.14. The van der Waals surface area contributed by atoms with Gasteiger partial charge in [0.05, 0.1) is 6.61 Å². The van der Waals surface area contributed by atoms with Crippen LogP contribution >= 0.6 is 11.6 Å². The quantitative estimate of drug-likeness (QED) is 0.735. The van der Waals surface area contributed by atoms with E-state index in [2.05, 4.69) is 20.3 Å². The van der Waals surface area contributed by atoms with Crippen LogP contribution in [0.3, 0.4) is 0 Å². The minimum Gasteiger partial charge on any atom is -0.379 e. The lowest BCUT2D eigenvalue weighted by Gasteiger charge is -2.17. The van der Waals surface area contributed by atoms with Gasteiger partial charge < -0.3 is 15.0 Å². The molecule has 19 heavy (non-hydrogen) atoms. The van der Waals surface area contributed by atoms with E-state index in [4.69, 9.17) is 16.3 Å². The highest BCUT2D eigenvalue weighted by atomic mass is 35.5. The summed E-state index contributed by atoms with van der Waals surface area (Å²) in [5.41, 5.74) is 0. The van der Waals surface area contributed by atoms with Crippen molar-refractivity contribution in [3.05, 3.63) is 5.28 Å². The molecular formula is C12H20ClN5O. The van der Waals surface area contributed by atoms with Crippen LogP contribution in [0.25, 0.3) is 0 Å². The van der Waals surface area contributed by atoms with Crippen molar-refractivity contribution in [2.24, 2.45) is 5.92 Å². The van der Waals surface area contributed by atoms with Gasteiger partial charge in [-0.2, -0.15) is 15.0 Å². The Balaban J connectivity index is 1.83. The molecular weight excluding hydrogens is 266 g/mol. The van der Waals surface area contributed by atoms with Crippen molar-refractivity contribution in [1.82, 2.24) is 15.0 Å². The van der Waals surface area contributed by atoms with Gasteiger partial charge in [0.25, 0.3) is 0 Å². The fourth-order valence-electron chi connectivity index (χ4n) is 1.58. The fraction of sp³-hybridized carbons (Fsp3) is 0.750. The molecule has 1 aromatic heterocycles. The summed E-state index contributed by atoms with van der Waals surface area (Å²) in [4.78, 5) is 14.3. The third-order valence-corrected chi connectivity index (χ3v) is 3.06. The summed E-state index contributed by atoms with van der Waals surface area (Å²) in [6.45, 7) is 5.00. The van der Waals surface area contributed by atoms with Crippen LogP contribution in [-0.2, 0) is 4.74 Å². The van der Waals surface area contributed by atoms with E-state index in [1.54, 1.807) is 0 Å². The summed E-state index contributed by atoms with van der Waals surface area (Å²) in [7, 11) is 1.92. The first-order valence-electron chi connectivity index (χ1n) is 6.63. The molecule has 7 heteroatoms. The summed E-state index contributed by atoms with van der Waals surface area (Å²) in [6.07, 6.45) is 2.62. The van der Waals surface area contributed by atoms with Crippen LogP contribution in [0.2, 0.25) is 5.28 Å². The smallest absolute Gasteiger partial charge is 0.231 e. The molecule has 0 aromatic carbocycles. The standard InChI is InChI=1S/C12H20ClN5O/c1-3-14-11-15-10(13)16-12(17-11)18(2)6-7-19-8-9-4-5-9/h9H,3-8H2,1-2H3,(H,14,15,16,17). The second-order valence-electron chi connectivity index (χ2n) is 4.70. The molecule has 106 valence electrons. The molecule has 0 aliphatic heterocycles. The molecule has 0 amide bonds. The summed E-state index contributed by atoms with van der Waals surface area (Å²) in [5.74, 6) is 1.85. The van der Waals surface area contributed by atoms with Crippen LogP contribution in [0.1, 0.15) is 19.8 Å². The lowest BCUT2D eigenvalue weighted by Crippen LogP contribution is -2.25. The van der Waals surface area contributed by atoms with E-state index in [-0.39, 0.29) is 5.28 Å². The van der Waals surface area contributed by atoms with Gasteiger partial charge in [0, 0.05) is 26.7 Å². The lowest BCUT2D eigenvalue weighted by atomic mass is 10.5. The van der Waals surface area contributed by atoms with Gasteiger partial charge in [-0.3, -0.25) is 0 Å². The van der Waals surface area contributed by atoms with Crippen LogP contribution in [0, 0.1) is 5.92 Å². The Kier molecular flexibility index (Phi) is 5.15. The van der Waals surface area contributed by atoms with Gasteiger partial charge in [-0.15, -0.1) is 0 Å². The van der Waals surface area contributed by atoms with Gasteiger partial charge in [-0.25, -0.2) is 0 Å². The molecule has 6 nitrogen and oxygen atoms in total. The fourth-order valence-corrected chi connectivity index (χ4v) is 1.74. The van der Waals surface area contributed by atoms with Gasteiger partial charge >= 0.3 is 0 Å². The maximum absolute atomic E-state index is 5.88. The zero-order chi connectivity index (χ0) is 13.7. The zero-order valence-corrected chi connectivity index (χ0v) is 12.2. The van der Waals surface area contributed by atoms with Crippen molar-refractivity contribution in [2.45, 2.75) is 19.8 Å². The van der Waals surface area contributed by atoms with Gasteiger partial charge in [-0.1, -0.05) is 0 Å².